The first-order valence-electron chi connectivity index (χ1n) is 15.5. The van der Waals surface area contributed by atoms with Gasteiger partial charge in [-0.15, -0.1) is 0 Å². The molecule has 0 spiro atoms. The highest BCUT2D eigenvalue weighted by Gasteiger charge is 2.29. The van der Waals surface area contributed by atoms with Gasteiger partial charge in [0, 0.05) is 46.7 Å². The van der Waals surface area contributed by atoms with Crippen molar-refractivity contribution in [1.29, 1.82) is 0 Å². The number of fused-ring (bicyclic) bond motifs is 3. The van der Waals surface area contributed by atoms with E-state index in [1.807, 2.05) is 0 Å². The average molecular weight is 280 g/mol. The molecule has 1 N–H and O–H groups in total. The van der Waals surface area contributed by atoms with Crippen LogP contribution in [-0.4, -0.2) is 19.0 Å². The molecule has 102 valence electrons. The number of hydrogen-bond acceptors (Lipinski definition) is 2. The zero-order valence-electron chi connectivity index (χ0n) is 30.3. The van der Waals surface area contributed by atoms with Gasteiger partial charge in [0.25, 0.3) is 0 Å². The average Bonchev–Trinajstić information content (AvgIpc) is 3.03. The SMILES string of the molecule is [2H]c1c([2H])c2c(c3c1OC([2H])([2H])C3([2H])[2H])[C@]([2H])(C([2H])([2H])C([2H])([2H])N([2H])C(=O)C([2H])([2H])C([2H])([2H])[2H])C([2H])([2H])C2([2H])[2H]. The van der Waals surface area contributed by atoms with Crippen molar-refractivity contribution in [2.24, 2.45) is 0 Å². The Labute approximate surface area is 143 Å². The zero-order chi connectivity index (χ0) is 31.8. The van der Waals surface area contributed by atoms with E-state index in [1.165, 1.54) is 0 Å². The second-order valence-corrected chi connectivity index (χ2v) is 3.44. The van der Waals surface area contributed by atoms with Crippen molar-refractivity contribution < 1.29 is 38.4 Å². The quantitative estimate of drug-likeness (QED) is 0.920. The molecular formula is C16H21NO2. The number of carbonyl (C=O) groups is 1. The Morgan fingerprint density at radius 1 is 1.79 bits per heavy atom. The van der Waals surface area contributed by atoms with Crippen LogP contribution >= 0.6 is 0 Å². The molecule has 1 aromatic carbocycles. The van der Waals surface area contributed by atoms with Crippen LogP contribution in [0.3, 0.4) is 0 Å². The summed E-state index contributed by atoms with van der Waals surface area (Å²) in [6, 6.07) is -2.41. The highest BCUT2D eigenvalue weighted by Crippen LogP contribution is 2.42. The van der Waals surface area contributed by atoms with Crippen molar-refractivity contribution in [2.75, 3.05) is 13.1 Å². The first-order chi connectivity index (χ1) is 17.3. The zero-order valence-corrected chi connectivity index (χ0v) is 9.26. The van der Waals surface area contributed by atoms with Gasteiger partial charge in [0.15, 0.2) is 1.41 Å². The lowest BCUT2D eigenvalue weighted by molar-refractivity contribution is -0.120. The van der Waals surface area contributed by atoms with Gasteiger partial charge in [0.05, 0.1) is 12.0 Å². The minimum Gasteiger partial charge on any atom is -0.493 e. The smallest absolute Gasteiger partial charge is 0.219 e. The number of benzene rings is 1. The normalized spacial score (nSPS) is 53.4. The Balaban J connectivity index is 2.47. The maximum Gasteiger partial charge on any atom is 0.219 e. The van der Waals surface area contributed by atoms with E-state index < -0.39 is 103 Å². The Morgan fingerprint density at radius 3 is 3.63 bits per heavy atom. The number of rotatable bonds is 4. The van der Waals surface area contributed by atoms with E-state index in [4.69, 9.17) is 33.6 Å². The highest BCUT2D eigenvalue weighted by atomic mass is 16.5. The molecule has 1 atom stereocenters. The fraction of sp³-hybridized carbons (Fsp3) is 0.562. The van der Waals surface area contributed by atoms with Crippen LogP contribution in [0.5, 0.6) is 5.75 Å². The van der Waals surface area contributed by atoms with Crippen LogP contribution in [-0.2, 0) is 17.5 Å². The summed E-state index contributed by atoms with van der Waals surface area (Å²) in [4.78, 5) is 12.6. The molecule has 1 aliphatic heterocycles. The van der Waals surface area contributed by atoms with E-state index >= 15 is 0 Å². The topological polar surface area (TPSA) is 38.3 Å². The van der Waals surface area contributed by atoms with Gasteiger partial charge in [0.1, 0.15) is 5.75 Å². The van der Waals surface area contributed by atoms with Gasteiger partial charge in [0.2, 0.25) is 5.91 Å². The largest absolute Gasteiger partial charge is 0.493 e. The number of hydrogen-bond donors (Lipinski definition) is 1. The molecule has 0 fully saturated rings. The second-order valence-electron chi connectivity index (χ2n) is 3.44. The lowest BCUT2D eigenvalue weighted by Gasteiger charge is -2.15. The molecular weight excluding hydrogens is 238 g/mol. The maximum atomic E-state index is 12.6. The molecule has 19 heavy (non-hydrogen) atoms. The van der Waals surface area contributed by atoms with E-state index in [2.05, 4.69) is 0 Å². The van der Waals surface area contributed by atoms with E-state index in [0.29, 0.717) is 0 Å². The van der Waals surface area contributed by atoms with Crippen LogP contribution in [0, 0.1) is 0 Å². The minimum atomic E-state index is -4.40. The number of carbonyl (C=O) groups excluding carboxylic acids is 1. The Kier molecular flexibility index (Phi) is 0.799. The molecule has 2 aliphatic rings. The fourth-order valence-electron chi connectivity index (χ4n) is 1.59. The molecule has 0 radical (unpaired) electrons. The van der Waals surface area contributed by atoms with Gasteiger partial charge >= 0.3 is 0 Å². The Bertz CT molecular complexity index is 1280. The molecule has 3 heteroatoms. The number of ether oxygens (including phenoxy) is 1. The summed E-state index contributed by atoms with van der Waals surface area (Å²) >= 11 is 0. The lowest BCUT2D eigenvalue weighted by Crippen LogP contribution is -2.24. The molecule has 3 rings (SSSR count). The molecule has 1 heterocycles. The molecule has 0 bridgehead atoms. The molecule has 1 aromatic rings. The molecule has 1 amide bonds. The summed E-state index contributed by atoms with van der Waals surface area (Å²) in [5, 5.41) is -1.11. The van der Waals surface area contributed by atoms with Crippen molar-refractivity contribution in [2.45, 2.75) is 44.6 Å². The van der Waals surface area contributed by atoms with Crippen molar-refractivity contribution in [3.63, 3.8) is 0 Å². The van der Waals surface area contributed by atoms with Crippen LogP contribution in [0.1, 0.15) is 76.0 Å². The van der Waals surface area contributed by atoms with Crippen molar-refractivity contribution in [3.05, 3.63) is 28.8 Å². The van der Waals surface area contributed by atoms with Gasteiger partial charge in [-0.2, -0.15) is 0 Å². The second kappa shape index (κ2) is 5.24. The van der Waals surface area contributed by atoms with Crippen molar-refractivity contribution >= 4 is 5.91 Å². The minimum absolute atomic E-state index is 1.11. The Hall–Kier alpha value is -1.51. The lowest BCUT2D eigenvalue weighted by atomic mass is 9.92. The molecule has 0 aromatic heterocycles. The predicted octanol–water partition coefficient (Wildman–Crippen LogP) is 2.57. The van der Waals surface area contributed by atoms with Gasteiger partial charge in [-0.05, 0) is 42.2 Å². The maximum absolute atomic E-state index is 12.6. The summed E-state index contributed by atoms with van der Waals surface area (Å²) in [5.74, 6) is -7.70. The first-order valence-corrected chi connectivity index (χ1v) is 5.06. The molecule has 1 aliphatic carbocycles. The van der Waals surface area contributed by atoms with E-state index in [1.54, 1.807) is 0 Å². The fourth-order valence-corrected chi connectivity index (χ4v) is 1.59. The molecule has 0 unspecified atom stereocenters. The standard InChI is InChI=1S/C16H21NO2/c1-2-15(18)17-9-7-12-4-3-11-5-6-14-13(16(11)12)8-10-19-14/h5-6,12H,2-4,7-10H2,1H3,(H,17,18)/t12-/m0/s1/i1D3,2D2,3D2,4D2,5D,6D,7D2,8D2,9D2,10D2,12D/hD. The van der Waals surface area contributed by atoms with Crippen molar-refractivity contribution in [3.8, 4) is 5.75 Å². The predicted molar refractivity (Wildman–Crippen MR) is 74.6 cm³/mol. The van der Waals surface area contributed by atoms with Gasteiger partial charge in [-0.25, -0.2) is 0 Å². The van der Waals surface area contributed by atoms with Crippen LogP contribution in [0.15, 0.2) is 12.1 Å². The molecule has 0 saturated carbocycles. The van der Waals surface area contributed by atoms with Crippen LogP contribution in [0.4, 0.5) is 0 Å². The van der Waals surface area contributed by atoms with E-state index in [0.717, 1.165) is 0 Å². The van der Waals surface area contributed by atoms with Crippen LogP contribution in [0.25, 0.3) is 0 Å². The van der Waals surface area contributed by atoms with Crippen LogP contribution in [0.2, 0.25) is 1.41 Å². The van der Waals surface area contributed by atoms with Gasteiger partial charge in [-0.3, -0.25) is 4.79 Å². The summed E-state index contributed by atoms with van der Waals surface area (Å²) in [6.45, 7) is -11.6. The summed E-state index contributed by atoms with van der Waals surface area (Å²) in [6.07, 6.45) is -19.6. The Morgan fingerprint density at radius 2 is 2.74 bits per heavy atom. The molecule has 3 nitrogen and oxygen atoms in total. The van der Waals surface area contributed by atoms with Crippen LogP contribution < -0.4 is 10.0 Å². The third-order valence-corrected chi connectivity index (χ3v) is 2.36. The molecule has 0 saturated heterocycles. The summed E-state index contributed by atoms with van der Waals surface area (Å²) in [7, 11) is 0. The number of amides is 1. The van der Waals surface area contributed by atoms with E-state index in [-0.39, 0.29) is 0 Å². The number of nitrogens with one attached hydrogen (secondary N) is 1. The summed E-state index contributed by atoms with van der Waals surface area (Å²) in [5.41, 5.74) is -4.02. The van der Waals surface area contributed by atoms with Gasteiger partial charge < -0.3 is 10.0 Å². The first kappa shape index (κ1) is 2.90. The third kappa shape index (κ3) is 2.34. The third-order valence-electron chi connectivity index (χ3n) is 2.36. The monoisotopic (exact) mass is 280 g/mol. The highest BCUT2D eigenvalue weighted by molar-refractivity contribution is 5.75. The summed E-state index contributed by atoms with van der Waals surface area (Å²) < 4.78 is 174. The van der Waals surface area contributed by atoms with Crippen molar-refractivity contribution in [1.82, 2.24) is 5.31 Å². The van der Waals surface area contributed by atoms with Gasteiger partial charge in [-0.1, -0.05) is 12.9 Å². The van der Waals surface area contributed by atoms with E-state index in [9.17, 15) is 4.79 Å².